The molecule has 1 heterocycles. The van der Waals surface area contributed by atoms with Crippen molar-refractivity contribution in [1.29, 1.82) is 0 Å². The molecule has 1 atom stereocenters. The Kier molecular flexibility index (Phi) is 4.90. The minimum absolute atomic E-state index is 0.0573. The lowest BCUT2D eigenvalue weighted by atomic mass is 10.2. The molecule has 0 bridgehead atoms. The molecule has 1 rings (SSSR count). The standard InChI is InChI=1S/C10H21N3O/c1-3-13(2)8-7-12-10(14)9-5-4-6-11-9/h9,11H,3-8H2,1-2H3,(H,12,14)/t9-/m0/s1. The van der Waals surface area contributed by atoms with Gasteiger partial charge in [0.15, 0.2) is 0 Å². The van der Waals surface area contributed by atoms with Gasteiger partial charge in [-0.15, -0.1) is 0 Å². The Hall–Kier alpha value is -0.610. The summed E-state index contributed by atoms with van der Waals surface area (Å²) >= 11 is 0. The Morgan fingerprint density at radius 2 is 2.43 bits per heavy atom. The van der Waals surface area contributed by atoms with Crippen molar-refractivity contribution in [2.45, 2.75) is 25.8 Å². The van der Waals surface area contributed by atoms with Gasteiger partial charge in [-0.05, 0) is 33.0 Å². The summed E-state index contributed by atoms with van der Waals surface area (Å²) in [7, 11) is 2.06. The zero-order valence-corrected chi connectivity index (χ0v) is 9.18. The highest BCUT2D eigenvalue weighted by Crippen LogP contribution is 2.03. The normalized spacial score (nSPS) is 21.5. The van der Waals surface area contributed by atoms with Gasteiger partial charge in [-0.2, -0.15) is 0 Å². The van der Waals surface area contributed by atoms with Gasteiger partial charge in [-0.3, -0.25) is 4.79 Å². The smallest absolute Gasteiger partial charge is 0.237 e. The summed E-state index contributed by atoms with van der Waals surface area (Å²) in [5.74, 6) is 0.159. The van der Waals surface area contributed by atoms with Crippen molar-refractivity contribution in [3.63, 3.8) is 0 Å². The molecule has 0 saturated carbocycles. The Morgan fingerprint density at radius 1 is 1.64 bits per heavy atom. The van der Waals surface area contributed by atoms with E-state index in [1.54, 1.807) is 0 Å². The Balaban J connectivity index is 2.08. The second-order valence-corrected chi connectivity index (χ2v) is 3.84. The van der Waals surface area contributed by atoms with Crippen LogP contribution in [-0.4, -0.2) is 50.1 Å². The number of carbonyl (C=O) groups excluding carboxylic acids is 1. The molecule has 1 saturated heterocycles. The average Bonchev–Trinajstić information content (AvgIpc) is 2.70. The van der Waals surface area contributed by atoms with Crippen LogP contribution in [0.1, 0.15) is 19.8 Å². The molecule has 1 aliphatic rings. The quantitative estimate of drug-likeness (QED) is 0.645. The van der Waals surface area contributed by atoms with Gasteiger partial charge in [0, 0.05) is 13.1 Å². The predicted molar refractivity (Wildman–Crippen MR) is 57.2 cm³/mol. The Morgan fingerprint density at radius 3 is 3.00 bits per heavy atom. The van der Waals surface area contributed by atoms with E-state index in [9.17, 15) is 4.79 Å². The summed E-state index contributed by atoms with van der Waals surface area (Å²) in [6.45, 7) is 5.79. The highest BCUT2D eigenvalue weighted by molar-refractivity contribution is 5.81. The summed E-state index contributed by atoms with van der Waals surface area (Å²) in [6, 6.07) is 0.0573. The van der Waals surface area contributed by atoms with Crippen LogP contribution in [0, 0.1) is 0 Å². The van der Waals surface area contributed by atoms with Crippen molar-refractivity contribution in [3.05, 3.63) is 0 Å². The monoisotopic (exact) mass is 199 g/mol. The molecule has 14 heavy (non-hydrogen) atoms. The molecular formula is C10H21N3O. The summed E-state index contributed by atoms with van der Waals surface area (Å²) in [4.78, 5) is 13.7. The molecular weight excluding hydrogens is 178 g/mol. The minimum Gasteiger partial charge on any atom is -0.353 e. The third-order valence-electron chi connectivity index (χ3n) is 2.71. The summed E-state index contributed by atoms with van der Waals surface area (Å²) in [5.41, 5.74) is 0. The lowest BCUT2D eigenvalue weighted by Crippen LogP contribution is -2.42. The van der Waals surface area contributed by atoms with Crippen LogP contribution in [0.4, 0.5) is 0 Å². The van der Waals surface area contributed by atoms with E-state index in [4.69, 9.17) is 0 Å². The average molecular weight is 199 g/mol. The van der Waals surface area contributed by atoms with Gasteiger partial charge >= 0.3 is 0 Å². The number of amides is 1. The van der Waals surface area contributed by atoms with Gasteiger partial charge in [0.05, 0.1) is 6.04 Å². The first-order valence-electron chi connectivity index (χ1n) is 5.43. The lowest BCUT2D eigenvalue weighted by Gasteiger charge is -2.15. The number of rotatable bonds is 5. The van der Waals surface area contributed by atoms with Crippen molar-refractivity contribution in [2.24, 2.45) is 0 Å². The van der Waals surface area contributed by atoms with Crippen LogP contribution in [0.25, 0.3) is 0 Å². The van der Waals surface area contributed by atoms with E-state index < -0.39 is 0 Å². The van der Waals surface area contributed by atoms with Crippen LogP contribution in [0.15, 0.2) is 0 Å². The maximum atomic E-state index is 11.5. The fourth-order valence-corrected chi connectivity index (χ4v) is 1.56. The molecule has 82 valence electrons. The first-order valence-corrected chi connectivity index (χ1v) is 5.43. The van der Waals surface area contributed by atoms with E-state index >= 15 is 0 Å². The van der Waals surface area contributed by atoms with Gasteiger partial charge < -0.3 is 15.5 Å². The SMILES string of the molecule is CCN(C)CCNC(=O)[C@@H]1CCCN1. The third-order valence-corrected chi connectivity index (χ3v) is 2.71. The molecule has 4 nitrogen and oxygen atoms in total. The lowest BCUT2D eigenvalue weighted by molar-refractivity contribution is -0.122. The zero-order valence-electron chi connectivity index (χ0n) is 9.18. The zero-order chi connectivity index (χ0) is 10.4. The topological polar surface area (TPSA) is 44.4 Å². The van der Waals surface area contributed by atoms with E-state index in [2.05, 4.69) is 29.5 Å². The van der Waals surface area contributed by atoms with E-state index in [-0.39, 0.29) is 11.9 Å². The Labute approximate surface area is 86.0 Å². The predicted octanol–water partition coefficient (Wildman–Crippen LogP) is -0.194. The molecule has 0 aromatic rings. The first kappa shape index (κ1) is 11.5. The largest absolute Gasteiger partial charge is 0.353 e. The highest BCUT2D eigenvalue weighted by atomic mass is 16.2. The molecule has 0 aliphatic carbocycles. The summed E-state index contributed by atoms with van der Waals surface area (Å²) in [5, 5.41) is 6.13. The van der Waals surface area contributed by atoms with Crippen LogP contribution in [-0.2, 0) is 4.79 Å². The third kappa shape index (κ3) is 3.64. The molecule has 0 aromatic carbocycles. The number of hydrogen-bond donors (Lipinski definition) is 2. The van der Waals surface area contributed by atoms with E-state index in [0.29, 0.717) is 0 Å². The first-order chi connectivity index (χ1) is 6.74. The molecule has 0 radical (unpaired) electrons. The summed E-state index contributed by atoms with van der Waals surface area (Å²) < 4.78 is 0. The van der Waals surface area contributed by atoms with Crippen LogP contribution in [0.5, 0.6) is 0 Å². The van der Waals surface area contributed by atoms with Crippen LogP contribution in [0.2, 0.25) is 0 Å². The molecule has 1 aliphatic heterocycles. The second-order valence-electron chi connectivity index (χ2n) is 3.84. The maximum absolute atomic E-state index is 11.5. The Bertz CT molecular complexity index is 178. The highest BCUT2D eigenvalue weighted by Gasteiger charge is 2.21. The van der Waals surface area contributed by atoms with Gasteiger partial charge in [-0.25, -0.2) is 0 Å². The fourth-order valence-electron chi connectivity index (χ4n) is 1.56. The van der Waals surface area contributed by atoms with Crippen molar-refractivity contribution in [2.75, 3.05) is 33.2 Å². The van der Waals surface area contributed by atoms with Gasteiger partial charge in [0.2, 0.25) is 5.91 Å². The fraction of sp³-hybridized carbons (Fsp3) is 0.900. The number of likely N-dealkylation sites (N-methyl/N-ethyl adjacent to an activating group) is 1. The second kappa shape index (κ2) is 5.98. The van der Waals surface area contributed by atoms with Gasteiger partial charge in [0.25, 0.3) is 0 Å². The van der Waals surface area contributed by atoms with Crippen LogP contribution >= 0.6 is 0 Å². The molecule has 0 spiro atoms. The van der Waals surface area contributed by atoms with Crippen molar-refractivity contribution < 1.29 is 4.79 Å². The van der Waals surface area contributed by atoms with Gasteiger partial charge in [0.1, 0.15) is 0 Å². The molecule has 0 aromatic heterocycles. The number of nitrogens with one attached hydrogen (secondary N) is 2. The molecule has 1 fully saturated rings. The van der Waals surface area contributed by atoms with Crippen molar-refractivity contribution >= 4 is 5.91 Å². The van der Waals surface area contributed by atoms with Crippen LogP contribution < -0.4 is 10.6 Å². The molecule has 2 N–H and O–H groups in total. The minimum atomic E-state index is 0.0573. The van der Waals surface area contributed by atoms with E-state index in [1.807, 2.05) is 0 Å². The summed E-state index contributed by atoms with van der Waals surface area (Å²) in [6.07, 6.45) is 2.10. The van der Waals surface area contributed by atoms with E-state index in [1.165, 1.54) is 0 Å². The van der Waals surface area contributed by atoms with Crippen molar-refractivity contribution in [1.82, 2.24) is 15.5 Å². The van der Waals surface area contributed by atoms with Gasteiger partial charge in [-0.1, -0.05) is 6.92 Å². The van der Waals surface area contributed by atoms with E-state index in [0.717, 1.165) is 39.0 Å². The molecule has 1 amide bonds. The number of nitrogens with zero attached hydrogens (tertiary/aromatic N) is 1. The number of hydrogen-bond acceptors (Lipinski definition) is 3. The van der Waals surface area contributed by atoms with Crippen LogP contribution in [0.3, 0.4) is 0 Å². The van der Waals surface area contributed by atoms with Crippen molar-refractivity contribution in [3.8, 4) is 0 Å². The molecule has 0 unspecified atom stereocenters. The number of carbonyl (C=O) groups is 1. The maximum Gasteiger partial charge on any atom is 0.237 e. The molecule has 4 heteroatoms.